The second kappa shape index (κ2) is 6.28. The fourth-order valence-corrected chi connectivity index (χ4v) is 3.25. The van der Waals surface area contributed by atoms with Crippen LogP contribution < -0.4 is 10.5 Å². The Balaban J connectivity index is 2.34. The van der Waals surface area contributed by atoms with Crippen LogP contribution >= 0.6 is 0 Å². The third-order valence-electron chi connectivity index (χ3n) is 3.23. The van der Waals surface area contributed by atoms with Crippen molar-refractivity contribution >= 4 is 15.7 Å². The number of hydrogen-bond acceptors (Lipinski definition) is 4. The number of hydrogen-bond donors (Lipinski definition) is 2. The highest BCUT2D eigenvalue weighted by molar-refractivity contribution is 7.92. The van der Waals surface area contributed by atoms with E-state index in [1.807, 2.05) is 18.4 Å². The van der Waals surface area contributed by atoms with Gasteiger partial charge in [-0.1, -0.05) is 6.92 Å². The predicted molar refractivity (Wildman–Crippen MR) is 82.4 cm³/mol. The fourth-order valence-electron chi connectivity index (χ4n) is 2.07. The Hall–Kier alpha value is -1.86. The topological polar surface area (TPSA) is 90.0 Å². The first kappa shape index (κ1) is 15.5. The summed E-state index contributed by atoms with van der Waals surface area (Å²) in [6.07, 6.45) is 5.66. The third-order valence-corrected chi connectivity index (χ3v) is 4.56. The summed E-state index contributed by atoms with van der Waals surface area (Å²) in [5.41, 5.74) is 7.78. The summed E-state index contributed by atoms with van der Waals surface area (Å²) in [6.45, 7) is 4.91. The van der Waals surface area contributed by atoms with Crippen LogP contribution in [0.3, 0.4) is 0 Å². The monoisotopic (exact) mass is 308 g/mol. The number of rotatable bonds is 6. The van der Waals surface area contributed by atoms with Crippen LogP contribution in [0.25, 0.3) is 0 Å². The van der Waals surface area contributed by atoms with Gasteiger partial charge in [-0.15, -0.1) is 0 Å². The zero-order chi connectivity index (χ0) is 15.5. The molecule has 0 saturated heterocycles. The van der Waals surface area contributed by atoms with E-state index in [1.165, 1.54) is 6.20 Å². The van der Waals surface area contributed by atoms with E-state index in [4.69, 9.17) is 5.73 Å². The van der Waals surface area contributed by atoms with Crippen LogP contribution in [0.5, 0.6) is 0 Å². The van der Waals surface area contributed by atoms with Crippen LogP contribution in [0.4, 0.5) is 5.69 Å². The van der Waals surface area contributed by atoms with Crippen molar-refractivity contribution in [3.63, 3.8) is 0 Å². The fraction of sp³-hybridized carbons (Fsp3) is 0.357. The van der Waals surface area contributed by atoms with Crippen molar-refractivity contribution < 1.29 is 8.42 Å². The molecule has 114 valence electrons. The molecule has 0 aliphatic heterocycles. The van der Waals surface area contributed by atoms with Crippen molar-refractivity contribution in [2.24, 2.45) is 5.73 Å². The van der Waals surface area contributed by atoms with Crippen LogP contribution in [0, 0.1) is 6.92 Å². The molecule has 0 aliphatic rings. The lowest BCUT2D eigenvalue weighted by Gasteiger charge is -2.08. The van der Waals surface area contributed by atoms with Crippen molar-refractivity contribution in [1.82, 2.24) is 9.55 Å². The molecule has 0 atom stereocenters. The summed E-state index contributed by atoms with van der Waals surface area (Å²) in [5, 5.41) is 0. The number of pyridine rings is 1. The second-order valence-electron chi connectivity index (χ2n) is 4.86. The maximum Gasteiger partial charge on any atom is 0.263 e. The van der Waals surface area contributed by atoms with Gasteiger partial charge in [0.15, 0.2) is 0 Å². The SMILES string of the molecule is CCCn1cc(S(=O)(=O)Nc2cnccc2C)cc1CN. The average Bonchev–Trinajstić information content (AvgIpc) is 2.86. The largest absolute Gasteiger partial charge is 0.349 e. The van der Waals surface area contributed by atoms with Crippen LogP contribution in [0.15, 0.2) is 35.6 Å². The van der Waals surface area contributed by atoms with Crippen LogP contribution in [-0.4, -0.2) is 18.0 Å². The normalized spacial score (nSPS) is 11.6. The Kier molecular flexibility index (Phi) is 4.64. The molecule has 2 rings (SSSR count). The van der Waals surface area contributed by atoms with Gasteiger partial charge in [0.1, 0.15) is 4.90 Å². The molecule has 0 fully saturated rings. The van der Waals surface area contributed by atoms with Gasteiger partial charge in [-0.2, -0.15) is 0 Å². The molecular formula is C14H20N4O2S. The van der Waals surface area contributed by atoms with Crippen molar-refractivity contribution in [2.75, 3.05) is 4.72 Å². The molecule has 0 saturated carbocycles. The van der Waals surface area contributed by atoms with E-state index in [1.54, 1.807) is 24.5 Å². The van der Waals surface area contributed by atoms with Crippen molar-refractivity contribution in [3.05, 3.63) is 42.0 Å². The lowest BCUT2D eigenvalue weighted by molar-refractivity contribution is 0.600. The average molecular weight is 308 g/mol. The second-order valence-corrected chi connectivity index (χ2v) is 6.54. The Morgan fingerprint density at radius 3 is 2.81 bits per heavy atom. The Labute approximate surface area is 125 Å². The first-order valence-electron chi connectivity index (χ1n) is 6.80. The first-order chi connectivity index (χ1) is 9.97. The van der Waals surface area contributed by atoms with E-state index < -0.39 is 10.0 Å². The molecule has 2 aromatic heterocycles. The summed E-state index contributed by atoms with van der Waals surface area (Å²) in [5.74, 6) is 0. The predicted octanol–water partition coefficient (Wildman–Crippen LogP) is 1.86. The van der Waals surface area contributed by atoms with Gasteiger partial charge in [-0.05, 0) is 31.0 Å². The quantitative estimate of drug-likeness (QED) is 0.852. The van der Waals surface area contributed by atoms with Crippen molar-refractivity contribution in [1.29, 1.82) is 0 Å². The van der Waals surface area contributed by atoms with Gasteiger partial charge in [0.2, 0.25) is 0 Å². The van der Waals surface area contributed by atoms with Gasteiger partial charge < -0.3 is 10.3 Å². The van der Waals surface area contributed by atoms with Crippen molar-refractivity contribution in [3.8, 4) is 0 Å². The number of aryl methyl sites for hydroxylation is 2. The molecule has 0 bridgehead atoms. The lowest BCUT2D eigenvalue weighted by Crippen LogP contribution is -2.13. The molecule has 21 heavy (non-hydrogen) atoms. The summed E-state index contributed by atoms with van der Waals surface area (Å²) >= 11 is 0. The van der Waals surface area contributed by atoms with E-state index >= 15 is 0 Å². The van der Waals surface area contributed by atoms with Gasteiger partial charge in [0.25, 0.3) is 10.0 Å². The molecule has 0 aliphatic carbocycles. The summed E-state index contributed by atoms with van der Waals surface area (Å²) in [6, 6.07) is 3.37. The highest BCUT2D eigenvalue weighted by Crippen LogP contribution is 2.20. The van der Waals surface area contributed by atoms with Gasteiger partial charge in [-0.25, -0.2) is 8.42 Å². The third kappa shape index (κ3) is 3.43. The summed E-state index contributed by atoms with van der Waals surface area (Å²) in [4.78, 5) is 4.16. The Bertz CT molecular complexity index is 722. The van der Waals surface area contributed by atoms with Gasteiger partial charge in [0.05, 0.1) is 11.9 Å². The summed E-state index contributed by atoms with van der Waals surface area (Å²) < 4.78 is 29.3. The minimum Gasteiger partial charge on any atom is -0.349 e. The Morgan fingerprint density at radius 2 is 2.19 bits per heavy atom. The highest BCUT2D eigenvalue weighted by atomic mass is 32.2. The molecule has 0 amide bonds. The van der Waals surface area contributed by atoms with Gasteiger partial charge in [0, 0.05) is 31.2 Å². The molecule has 0 unspecified atom stereocenters. The van der Waals surface area contributed by atoms with Crippen molar-refractivity contribution in [2.45, 2.75) is 38.3 Å². The maximum atomic E-state index is 12.4. The summed E-state index contributed by atoms with van der Waals surface area (Å²) in [7, 11) is -3.63. The van der Waals surface area contributed by atoms with Crippen LogP contribution in [0.1, 0.15) is 24.6 Å². The standard InChI is InChI=1S/C14H20N4O2S/c1-3-6-18-10-13(7-12(18)8-15)21(19,20)17-14-9-16-5-4-11(14)2/h4-5,7,9-10,17H,3,6,8,15H2,1-2H3. The molecule has 0 spiro atoms. The Morgan fingerprint density at radius 1 is 1.43 bits per heavy atom. The van der Waals surface area contributed by atoms with Crippen LogP contribution in [0.2, 0.25) is 0 Å². The number of aromatic nitrogens is 2. The molecule has 0 aromatic carbocycles. The van der Waals surface area contributed by atoms with Crippen LogP contribution in [-0.2, 0) is 23.1 Å². The number of sulfonamides is 1. The van der Waals surface area contributed by atoms with Gasteiger partial charge >= 0.3 is 0 Å². The molecule has 2 aromatic rings. The molecule has 2 heterocycles. The highest BCUT2D eigenvalue weighted by Gasteiger charge is 2.18. The molecule has 7 heteroatoms. The number of nitrogens with zero attached hydrogens (tertiary/aromatic N) is 2. The van der Waals surface area contributed by atoms with E-state index in [0.717, 1.165) is 24.2 Å². The van der Waals surface area contributed by atoms with E-state index in [2.05, 4.69) is 9.71 Å². The first-order valence-corrected chi connectivity index (χ1v) is 8.28. The molecule has 3 N–H and O–H groups in total. The lowest BCUT2D eigenvalue weighted by atomic mass is 10.3. The molecule has 0 radical (unpaired) electrons. The number of anilines is 1. The zero-order valence-electron chi connectivity index (χ0n) is 12.2. The van der Waals surface area contributed by atoms with Gasteiger partial charge in [-0.3, -0.25) is 9.71 Å². The van der Waals surface area contributed by atoms with E-state index in [-0.39, 0.29) is 4.90 Å². The smallest absolute Gasteiger partial charge is 0.263 e. The zero-order valence-corrected chi connectivity index (χ0v) is 13.0. The molecular weight excluding hydrogens is 288 g/mol. The minimum atomic E-state index is -3.63. The maximum absolute atomic E-state index is 12.4. The number of nitrogens with two attached hydrogens (primary N) is 1. The molecule has 6 nitrogen and oxygen atoms in total. The van der Waals surface area contributed by atoms with E-state index in [0.29, 0.717) is 12.2 Å². The minimum absolute atomic E-state index is 0.222. The van der Waals surface area contributed by atoms with E-state index in [9.17, 15) is 8.42 Å². The number of nitrogens with one attached hydrogen (secondary N) is 1.